The van der Waals surface area contributed by atoms with Crippen LogP contribution in [0.25, 0.3) is 0 Å². The van der Waals surface area contributed by atoms with Crippen LogP contribution in [0.15, 0.2) is 16.6 Å². The third-order valence-electron chi connectivity index (χ3n) is 3.75. The summed E-state index contributed by atoms with van der Waals surface area (Å²) in [6.07, 6.45) is 6.54. The Bertz CT molecular complexity index is 542. The molecule has 1 aliphatic rings. The normalized spacial score (nSPS) is 17.0. The van der Waals surface area contributed by atoms with Crippen LogP contribution in [-0.4, -0.2) is 0 Å². The molecule has 2 heterocycles. The lowest BCUT2D eigenvalue weighted by molar-refractivity contribution is 0.712. The van der Waals surface area contributed by atoms with Gasteiger partial charge in [0.1, 0.15) is 0 Å². The van der Waals surface area contributed by atoms with Gasteiger partial charge in [-0.25, -0.2) is 0 Å². The summed E-state index contributed by atoms with van der Waals surface area (Å²) in [6.45, 7) is 2.13. The summed E-state index contributed by atoms with van der Waals surface area (Å²) in [4.78, 5) is 5.49. The van der Waals surface area contributed by atoms with Gasteiger partial charge in [0.05, 0.1) is 6.04 Å². The summed E-state index contributed by atoms with van der Waals surface area (Å²) in [5.41, 5.74) is 8.01. The number of fused-ring (bicyclic) bond motifs is 1. The maximum absolute atomic E-state index is 6.45. The second-order valence-electron chi connectivity index (χ2n) is 5.19. The lowest BCUT2D eigenvalue weighted by Crippen LogP contribution is -2.08. The van der Waals surface area contributed by atoms with Gasteiger partial charge < -0.3 is 5.73 Å². The summed E-state index contributed by atoms with van der Waals surface area (Å²) in [5.74, 6) is 0. The van der Waals surface area contributed by atoms with Crippen LogP contribution < -0.4 is 5.73 Å². The maximum Gasteiger partial charge on any atom is 0.0740 e. The van der Waals surface area contributed by atoms with Gasteiger partial charge in [-0.3, -0.25) is 0 Å². The molecule has 0 spiro atoms. The van der Waals surface area contributed by atoms with E-state index < -0.39 is 0 Å². The van der Waals surface area contributed by atoms with Crippen LogP contribution in [0.5, 0.6) is 0 Å². The maximum atomic E-state index is 6.45. The molecule has 0 radical (unpaired) electrons. The van der Waals surface area contributed by atoms with Crippen molar-refractivity contribution in [1.82, 2.24) is 0 Å². The number of hydrogen-bond acceptors (Lipinski definition) is 3. The molecule has 102 valence electrons. The average Bonchev–Trinajstić information content (AvgIpc) is 2.87. The summed E-state index contributed by atoms with van der Waals surface area (Å²) >= 11 is 7.32. The van der Waals surface area contributed by atoms with Crippen LogP contribution >= 0.6 is 38.6 Å². The van der Waals surface area contributed by atoms with Crippen LogP contribution in [0.1, 0.15) is 50.4 Å². The number of aryl methyl sites for hydroxylation is 3. The lowest BCUT2D eigenvalue weighted by atomic mass is 10.1. The Kier molecular flexibility index (Phi) is 4.13. The molecule has 0 saturated carbocycles. The van der Waals surface area contributed by atoms with Gasteiger partial charge in [-0.15, -0.1) is 22.7 Å². The van der Waals surface area contributed by atoms with E-state index in [0.29, 0.717) is 0 Å². The quantitative estimate of drug-likeness (QED) is 0.736. The van der Waals surface area contributed by atoms with Gasteiger partial charge in [-0.2, -0.15) is 0 Å². The largest absolute Gasteiger partial charge is 0.319 e. The molecular formula is C15H18BrNS2. The van der Waals surface area contributed by atoms with Crippen LogP contribution in [0, 0.1) is 6.92 Å². The first kappa shape index (κ1) is 13.8. The Morgan fingerprint density at radius 1 is 1.11 bits per heavy atom. The van der Waals surface area contributed by atoms with Crippen molar-refractivity contribution >= 4 is 38.6 Å². The fourth-order valence-electron chi connectivity index (χ4n) is 2.62. The first-order valence-corrected chi connectivity index (χ1v) is 9.20. The number of hydrogen-bond donors (Lipinski definition) is 1. The average molecular weight is 356 g/mol. The molecule has 1 unspecified atom stereocenters. The van der Waals surface area contributed by atoms with E-state index in [1.807, 2.05) is 11.3 Å². The number of halogens is 1. The minimum Gasteiger partial charge on any atom is -0.319 e. The first-order valence-electron chi connectivity index (χ1n) is 6.78. The Morgan fingerprint density at radius 3 is 2.58 bits per heavy atom. The molecule has 0 amide bonds. The molecule has 2 aromatic rings. The third kappa shape index (κ3) is 2.82. The smallest absolute Gasteiger partial charge is 0.0740 e. The zero-order valence-corrected chi connectivity index (χ0v) is 14.3. The van der Waals surface area contributed by atoms with Crippen LogP contribution in [0.2, 0.25) is 0 Å². The second kappa shape index (κ2) is 5.68. The van der Waals surface area contributed by atoms with Crippen LogP contribution in [0.4, 0.5) is 0 Å². The molecule has 19 heavy (non-hydrogen) atoms. The van der Waals surface area contributed by atoms with Crippen molar-refractivity contribution in [3.8, 4) is 0 Å². The molecule has 0 saturated heterocycles. The van der Waals surface area contributed by atoms with Crippen molar-refractivity contribution in [3.63, 3.8) is 0 Å². The van der Waals surface area contributed by atoms with E-state index in [1.54, 1.807) is 21.8 Å². The summed E-state index contributed by atoms with van der Waals surface area (Å²) in [6, 6.07) is 4.58. The van der Waals surface area contributed by atoms with E-state index in [1.165, 1.54) is 51.2 Å². The molecule has 2 aromatic heterocycles. The van der Waals surface area contributed by atoms with Crippen molar-refractivity contribution in [3.05, 3.63) is 41.7 Å². The molecule has 1 nitrogen and oxygen atoms in total. The Morgan fingerprint density at radius 2 is 1.84 bits per heavy atom. The van der Waals surface area contributed by atoms with Gasteiger partial charge in [0.2, 0.25) is 0 Å². The highest BCUT2D eigenvalue weighted by Gasteiger charge is 2.19. The van der Waals surface area contributed by atoms with Crippen molar-refractivity contribution in [1.29, 1.82) is 0 Å². The summed E-state index contributed by atoms with van der Waals surface area (Å²) < 4.78 is 1.18. The van der Waals surface area contributed by atoms with Crippen LogP contribution in [-0.2, 0) is 12.8 Å². The van der Waals surface area contributed by atoms with Crippen molar-refractivity contribution in [2.24, 2.45) is 5.73 Å². The van der Waals surface area contributed by atoms with E-state index in [0.717, 1.165) is 0 Å². The summed E-state index contributed by atoms with van der Waals surface area (Å²) in [5, 5.41) is 0. The van der Waals surface area contributed by atoms with E-state index in [2.05, 4.69) is 35.0 Å². The molecule has 4 heteroatoms. The highest BCUT2D eigenvalue weighted by atomic mass is 79.9. The van der Waals surface area contributed by atoms with Crippen molar-refractivity contribution in [2.45, 2.75) is 45.1 Å². The fraction of sp³-hybridized carbons (Fsp3) is 0.467. The topological polar surface area (TPSA) is 26.0 Å². The number of nitrogens with two attached hydrogens (primary N) is 1. The van der Waals surface area contributed by atoms with Gasteiger partial charge in [0, 0.05) is 24.0 Å². The Balaban J connectivity index is 1.89. The number of rotatable bonds is 2. The predicted molar refractivity (Wildman–Crippen MR) is 88.4 cm³/mol. The lowest BCUT2D eigenvalue weighted by Gasteiger charge is -2.06. The van der Waals surface area contributed by atoms with Crippen LogP contribution in [0.3, 0.4) is 0 Å². The molecule has 1 atom stereocenters. The van der Waals surface area contributed by atoms with Gasteiger partial charge in [0.15, 0.2) is 0 Å². The Labute approximate surface area is 131 Å². The zero-order chi connectivity index (χ0) is 13.4. The summed E-state index contributed by atoms with van der Waals surface area (Å²) in [7, 11) is 0. The minimum atomic E-state index is 0.0481. The monoisotopic (exact) mass is 355 g/mol. The van der Waals surface area contributed by atoms with Gasteiger partial charge in [-0.05, 0) is 66.2 Å². The van der Waals surface area contributed by atoms with Gasteiger partial charge in [0.25, 0.3) is 0 Å². The highest BCUT2D eigenvalue weighted by Crippen LogP contribution is 2.37. The fourth-order valence-corrected chi connectivity index (χ4v) is 5.55. The van der Waals surface area contributed by atoms with Gasteiger partial charge >= 0.3 is 0 Å². The molecule has 1 aliphatic carbocycles. The Hall–Kier alpha value is -0.160. The van der Waals surface area contributed by atoms with Gasteiger partial charge in [-0.1, -0.05) is 6.42 Å². The first-order chi connectivity index (χ1) is 9.15. The molecule has 0 bridgehead atoms. The molecule has 3 rings (SSSR count). The predicted octanol–water partition coefficient (Wildman–Crippen LogP) is 5.20. The third-order valence-corrected chi connectivity index (χ3v) is 7.29. The number of thiophene rings is 2. The van der Waals surface area contributed by atoms with E-state index in [-0.39, 0.29) is 6.04 Å². The SMILES string of the molecule is Cc1sc(C(N)c2cc3c(s2)CCCCC3)cc1Br. The van der Waals surface area contributed by atoms with Crippen molar-refractivity contribution < 1.29 is 0 Å². The van der Waals surface area contributed by atoms with E-state index >= 15 is 0 Å². The molecular weight excluding hydrogens is 338 g/mol. The second-order valence-corrected chi connectivity index (χ2v) is 8.50. The van der Waals surface area contributed by atoms with E-state index in [4.69, 9.17) is 5.73 Å². The highest BCUT2D eigenvalue weighted by molar-refractivity contribution is 9.10. The molecule has 0 aromatic carbocycles. The minimum absolute atomic E-state index is 0.0481. The molecule has 2 N–H and O–H groups in total. The molecule has 0 aliphatic heterocycles. The molecule has 0 fully saturated rings. The van der Waals surface area contributed by atoms with E-state index in [9.17, 15) is 0 Å². The standard InChI is InChI=1S/C15H18BrNS2/c1-9-11(16)8-14(18-9)15(17)13-7-10-5-3-2-4-6-12(10)19-13/h7-8,15H,2-6,17H2,1H3. The zero-order valence-electron chi connectivity index (χ0n) is 11.0. The van der Waals surface area contributed by atoms with Crippen molar-refractivity contribution in [2.75, 3.05) is 0 Å².